The second kappa shape index (κ2) is 12.5. The number of hydrogen-bond acceptors (Lipinski definition) is 3. The van der Waals surface area contributed by atoms with Gasteiger partial charge in [0.25, 0.3) is 0 Å². The van der Waals surface area contributed by atoms with E-state index >= 15 is 0 Å². The Bertz CT molecular complexity index is 691. The van der Waals surface area contributed by atoms with Crippen LogP contribution in [0, 0.1) is 18.5 Å². The quantitative estimate of drug-likeness (QED) is 0.375. The summed E-state index contributed by atoms with van der Waals surface area (Å²) in [6.07, 6.45) is 2.61. The molecule has 2 aromatic carbocycles. The molecule has 25 heavy (non-hydrogen) atoms. The third-order valence-corrected chi connectivity index (χ3v) is 2.75. The first-order valence-corrected chi connectivity index (χ1v) is 6.59. The van der Waals surface area contributed by atoms with Gasteiger partial charge >= 0.3 is 0 Å². The molecule has 3 nitrogen and oxygen atoms in total. The van der Waals surface area contributed by atoms with Gasteiger partial charge in [0.05, 0.1) is 13.8 Å². The fourth-order valence-electron chi connectivity index (χ4n) is 1.76. The SMILES string of the molecule is CF.[Re].[Rf].[Rf].[c-]1c[c-]c(-c2cc(OCc3ccccc3)n[c-]n2)cc1. The predicted molar refractivity (Wildman–Crippen MR) is 81.8 cm³/mol. The number of hydrogen-bond donors (Lipinski definition) is 0. The maximum atomic E-state index is 9.50. The molecule has 0 spiro atoms. The molecule has 3 rings (SSSR count). The van der Waals surface area contributed by atoms with E-state index in [1.54, 1.807) is 12.1 Å². The van der Waals surface area contributed by atoms with Crippen molar-refractivity contribution in [2.24, 2.45) is 0 Å². The Hall–Kier alpha value is -4.09. The molecular weight excluding hydrogens is 999 g/mol. The Balaban J connectivity index is 0. The molecule has 0 fully saturated rings. The molecule has 0 saturated carbocycles. The van der Waals surface area contributed by atoms with Crippen LogP contribution in [0.3, 0.4) is 0 Å². The Labute approximate surface area is 149 Å². The van der Waals surface area contributed by atoms with Crippen LogP contribution in [0.1, 0.15) is 5.56 Å². The maximum Gasteiger partial charge on any atom is 0.101 e. The predicted octanol–water partition coefficient (Wildman–Crippen LogP) is 3.71. The maximum absolute atomic E-state index is 9.50. The van der Waals surface area contributed by atoms with E-state index < -0.39 is 0 Å². The molecule has 0 aliphatic rings. The minimum atomic E-state index is 0. The molecule has 0 saturated heterocycles. The van der Waals surface area contributed by atoms with E-state index in [2.05, 4.69) is 28.4 Å². The molecule has 123 valence electrons. The molecule has 0 bridgehead atoms. The fraction of sp³-hybridized carbons (Fsp3) is 0.111. The molecule has 1 aromatic heterocycles. The smallest absolute Gasteiger partial charge is 0.101 e. The van der Waals surface area contributed by atoms with Crippen LogP contribution >= 0.6 is 0 Å². The van der Waals surface area contributed by atoms with Gasteiger partial charge in [-0.1, -0.05) is 42.1 Å². The van der Waals surface area contributed by atoms with E-state index in [1.165, 1.54) is 0 Å². The van der Waals surface area contributed by atoms with Crippen molar-refractivity contribution in [3.05, 3.63) is 78.6 Å². The van der Waals surface area contributed by atoms with Crippen LogP contribution in [0.15, 0.2) is 54.6 Å². The second-order valence-corrected chi connectivity index (χ2v) is 4.17. The van der Waals surface area contributed by atoms with Crippen LogP contribution in [-0.4, -0.2) is 17.1 Å². The van der Waals surface area contributed by atoms with Crippen molar-refractivity contribution < 1.29 is 29.6 Å². The van der Waals surface area contributed by atoms with Crippen molar-refractivity contribution in [2.45, 2.75) is 6.61 Å². The molecule has 0 unspecified atom stereocenters. The molecule has 0 amide bonds. The molecular formula is C18H14FN2OReRf2-3. The van der Waals surface area contributed by atoms with Gasteiger partial charge in [-0.25, -0.2) is 0 Å². The zero-order valence-corrected chi connectivity index (χ0v) is 29.4. The van der Waals surface area contributed by atoms with Gasteiger partial charge in [-0.15, -0.1) is 0 Å². The fourth-order valence-corrected chi connectivity index (χ4v) is 1.76. The molecule has 0 N–H and O–H groups in total. The van der Waals surface area contributed by atoms with Crippen molar-refractivity contribution in [3.8, 4) is 17.1 Å². The van der Waals surface area contributed by atoms with Gasteiger partial charge in [-0.3, -0.25) is 22.1 Å². The topological polar surface area (TPSA) is 35.0 Å². The van der Waals surface area contributed by atoms with Crippen LogP contribution in [0.4, 0.5) is 4.39 Å². The summed E-state index contributed by atoms with van der Waals surface area (Å²) in [5.41, 5.74) is 2.69. The van der Waals surface area contributed by atoms with E-state index in [1.807, 2.05) is 42.5 Å². The van der Waals surface area contributed by atoms with Crippen molar-refractivity contribution in [1.82, 2.24) is 9.97 Å². The van der Waals surface area contributed by atoms with E-state index in [0.717, 1.165) is 16.8 Å². The second-order valence-electron chi connectivity index (χ2n) is 4.17. The summed E-state index contributed by atoms with van der Waals surface area (Å²) >= 11 is 0. The summed E-state index contributed by atoms with van der Waals surface area (Å²) < 4.78 is 15.2. The molecule has 7 heteroatoms. The standard InChI is InChI=1S/C17H11N2O.CH3F.Re.2Rf/c1-3-7-14(8-4-1)12-20-17-11-16(18-13-19-17)15-9-5-2-6-10-15;1-2;;;/h1,3-9,11H,12H2;1H3;;;/q-3;;;;. The van der Waals surface area contributed by atoms with Gasteiger partial charge in [0, 0.05) is 26.8 Å². The first-order valence-electron chi connectivity index (χ1n) is 6.59. The third-order valence-electron chi connectivity index (χ3n) is 2.75. The third kappa shape index (κ3) is 6.69. The van der Waals surface area contributed by atoms with Gasteiger partial charge in [-0.2, -0.15) is 0 Å². The monoisotopic (exact) mass is 1010 g/mol. The van der Waals surface area contributed by atoms with Crippen LogP contribution in [0.25, 0.3) is 11.3 Å². The molecule has 1 radical (unpaired) electrons. The van der Waals surface area contributed by atoms with E-state index in [9.17, 15) is 4.39 Å². The van der Waals surface area contributed by atoms with Gasteiger partial charge in [0.15, 0.2) is 0 Å². The van der Waals surface area contributed by atoms with E-state index in [0.29, 0.717) is 19.7 Å². The normalized spacial score (nSPS) is 8.40. The Morgan fingerprint density at radius 1 is 1.04 bits per heavy atom. The van der Waals surface area contributed by atoms with Crippen LogP contribution in [0.5, 0.6) is 5.88 Å². The molecule has 3 aromatic rings. The average molecular weight is 1010 g/mol. The molecule has 0 atom stereocenters. The van der Waals surface area contributed by atoms with E-state index in [4.69, 9.17) is 4.74 Å². The molecule has 0 aliphatic heterocycles. The Morgan fingerprint density at radius 2 is 1.76 bits per heavy atom. The Morgan fingerprint density at radius 3 is 2.40 bits per heavy atom. The molecule has 1 heterocycles. The number of benzene rings is 2. The number of ether oxygens (including phenoxy) is 1. The first-order chi connectivity index (χ1) is 10.9. The summed E-state index contributed by atoms with van der Waals surface area (Å²) in [6, 6.07) is 23.1. The van der Waals surface area contributed by atoms with Crippen molar-refractivity contribution in [2.75, 3.05) is 7.18 Å². The summed E-state index contributed by atoms with van der Waals surface area (Å²) in [7, 11) is 0.500. The zero-order chi connectivity index (χ0) is 15.6. The van der Waals surface area contributed by atoms with Gasteiger partial charge in [-0.05, 0) is 5.56 Å². The van der Waals surface area contributed by atoms with Crippen LogP contribution in [-0.2, 0) is 27.0 Å². The van der Waals surface area contributed by atoms with Crippen molar-refractivity contribution in [3.63, 3.8) is 0 Å². The van der Waals surface area contributed by atoms with Gasteiger partial charge < -0.3 is 32.9 Å². The number of alkyl halides is 1. The summed E-state index contributed by atoms with van der Waals surface area (Å²) in [6.45, 7) is 0.470. The summed E-state index contributed by atoms with van der Waals surface area (Å²) in [5, 5.41) is 0. The van der Waals surface area contributed by atoms with E-state index in [-0.39, 0.29) is 20.4 Å². The van der Waals surface area contributed by atoms with Crippen molar-refractivity contribution >= 4 is 0 Å². The average Bonchev–Trinajstić information content (AvgIpc) is 2.64. The van der Waals surface area contributed by atoms with Crippen LogP contribution in [0.2, 0.25) is 0 Å². The minimum absolute atomic E-state index is 0. The van der Waals surface area contributed by atoms with Gasteiger partial charge in [0.1, 0.15) is 5.88 Å². The summed E-state index contributed by atoms with van der Waals surface area (Å²) in [4.78, 5) is 8.10. The van der Waals surface area contributed by atoms with Crippen molar-refractivity contribution in [1.29, 1.82) is 0 Å². The zero-order valence-electron chi connectivity index (χ0n) is 13.9. The number of aromatic nitrogens is 2. The number of halogens is 1. The van der Waals surface area contributed by atoms with Crippen LogP contribution < -0.4 is 4.74 Å². The molecule has 0 aliphatic carbocycles. The number of rotatable bonds is 4. The first kappa shape index (κ1) is 23.2. The number of nitrogens with zero attached hydrogens (tertiary/aromatic N) is 2. The summed E-state index contributed by atoms with van der Waals surface area (Å²) in [5.74, 6) is 0.500. The largest absolute Gasteiger partial charge is 0.530 e. The Kier molecular flexibility index (Phi) is 11.6. The van der Waals surface area contributed by atoms with Gasteiger partial charge in [0.2, 0.25) is 0 Å². The minimum Gasteiger partial charge on any atom is -0.530 e.